The highest BCUT2D eigenvalue weighted by molar-refractivity contribution is 8.00. The van der Waals surface area contributed by atoms with E-state index in [-0.39, 0.29) is 11.2 Å². The number of rotatable bonds is 5. The van der Waals surface area contributed by atoms with Crippen LogP contribution in [0.3, 0.4) is 0 Å². The van der Waals surface area contributed by atoms with Gasteiger partial charge in [0.2, 0.25) is 5.91 Å². The van der Waals surface area contributed by atoms with Crippen molar-refractivity contribution in [3.8, 4) is 11.4 Å². The van der Waals surface area contributed by atoms with Crippen LogP contribution in [0.15, 0.2) is 29.7 Å². The first-order valence-electron chi connectivity index (χ1n) is 7.31. The van der Waals surface area contributed by atoms with Gasteiger partial charge in [-0.1, -0.05) is 11.8 Å². The van der Waals surface area contributed by atoms with Crippen molar-refractivity contribution in [2.24, 2.45) is 0 Å². The zero-order valence-electron chi connectivity index (χ0n) is 12.9. The number of nitrogens with zero attached hydrogens (tertiary/aromatic N) is 5. The molecule has 1 amide bonds. The van der Waals surface area contributed by atoms with Crippen molar-refractivity contribution >= 4 is 17.7 Å². The van der Waals surface area contributed by atoms with E-state index in [0.29, 0.717) is 6.04 Å². The van der Waals surface area contributed by atoms with Crippen LogP contribution in [0.4, 0.5) is 0 Å². The molecule has 3 rings (SSSR count). The van der Waals surface area contributed by atoms with Crippen LogP contribution >= 0.6 is 11.8 Å². The van der Waals surface area contributed by atoms with Gasteiger partial charge in [-0.2, -0.15) is 0 Å². The molecular weight excluding hydrogens is 298 g/mol. The quantitative estimate of drug-likeness (QED) is 0.791. The van der Waals surface area contributed by atoms with Crippen molar-refractivity contribution in [1.82, 2.24) is 24.6 Å². The largest absolute Gasteiger partial charge is 0.348 e. The summed E-state index contributed by atoms with van der Waals surface area (Å²) in [6, 6.07) is 4.32. The Hall–Kier alpha value is -1.89. The van der Waals surface area contributed by atoms with Gasteiger partial charge in [-0.15, -0.1) is 10.2 Å². The van der Waals surface area contributed by atoms with Gasteiger partial charge in [0.05, 0.1) is 5.25 Å². The van der Waals surface area contributed by atoms with Crippen molar-refractivity contribution in [1.29, 1.82) is 0 Å². The van der Waals surface area contributed by atoms with E-state index in [0.717, 1.165) is 29.4 Å². The molecule has 0 bridgehead atoms. The molecule has 1 atom stereocenters. The molecule has 7 heteroatoms. The summed E-state index contributed by atoms with van der Waals surface area (Å²) in [5.41, 5.74) is 0.959. The number of hydrogen-bond acceptors (Lipinski definition) is 5. The fourth-order valence-electron chi connectivity index (χ4n) is 2.28. The highest BCUT2D eigenvalue weighted by Gasteiger charge is 2.31. The van der Waals surface area contributed by atoms with E-state index in [1.807, 2.05) is 19.1 Å². The molecule has 0 saturated heterocycles. The third-order valence-corrected chi connectivity index (χ3v) is 4.61. The fraction of sp³-hybridized carbons (Fsp3) is 0.467. The Bertz CT molecular complexity index is 666. The Balaban J connectivity index is 1.90. The van der Waals surface area contributed by atoms with Crippen molar-refractivity contribution < 1.29 is 4.79 Å². The molecule has 0 radical (unpaired) electrons. The highest BCUT2D eigenvalue weighted by atomic mass is 32.2. The Labute approximate surface area is 133 Å². The van der Waals surface area contributed by atoms with Crippen molar-refractivity contribution in [2.75, 3.05) is 14.1 Å². The maximum Gasteiger partial charge on any atom is 0.235 e. The minimum atomic E-state index is -0.182. The molecule has 0 N–H and O–H groups in total. The molecule has 1 fully saturated rings. The smallest absolute Gasteiger partial charge is 0.235 e. The first kappa shape index (κ1) is 15.0. The van der Waals surface area contributed by atoms with E-state index in [1.165, 1.54) is 11.8 Å². The summed E-state index contributed by atoms with van der Waals surface area (Å²) in [6.45, 7) is 1.91. The molecule has 2 aromatic heterocycles. The van der Waals surface area contributed by atoms with Crippen LogP contribution in [-0.4, -0.2) is 49.9 Å². The average molecular weight is 317 g/mol. The van der Waals surface area contributed by atoms with Gasteiger partial charge >= 0.3 is 0 Å². The lowest BCUT2D eigenvalue weighted by Crippen LogP contribution is -2.29. The van der Waals surface area contributed by atoms with E-state index in [2.05, 4.69) is 19.7 Å². The summed E-state index contributed by atoms with van der Waals surface area (Å²) >= 11 is 1.47. The minimum Gasteiger partial charge on any atom is -0.348 e. The van der Waals surface area contributed by atoms with E-state index >= 15 is 0 Å². The Kier molecular flexibility index (Phi) is 4.15. The Morgan fingerprint density at radius 2 is 2.18 bits per heavy atom. The van der Waals surface area contributed by atoms with Crippen LogP contribution in [0.1, 0.15) is 25.8 Å². The van der Waals surface area contributed by atoms with Gasteiger partial charge in [-0.25, -0.2) is 0 Å². The lowest BCUT2D eigenvalue weighted by atomic mass is 10.3. The van der Waals surface area contributed by atoms with Crippen molar-refractivity contribution in [3.63, 3.8) is 0 Å². The average Bonchev–Trinajstić information content (AvgIpc) is 3.28. The number of hydrogen-bond donors (Lipinski definition) is 0. The van der Waals surface area contributed by atoms with E-state index in [1.54, 1.807) is 31.4 Å². The third kappa shape index (κ3) is 2.99. The summed E-state index contributed by atoms with van der Waals surface area (Å²) in [6.07, 6.45) is 5.81. The molecule has 2 aromatic rings. The zero-order chi connectivity index (χ0) is 15.7. The lowest BCUT2D eigenvalue weighted by Gasteiger charge is -2.16. The first-order valence-corrected chi connectivity index (χ1v) is 8.19. The zero-order valence-corrected chi connectivity index (χ0v) is 13.7. The molecular formula is C15H19N5OS. The summed E-state index contributed by atoms with van der Waals surface area (Å²) in [4.78, 5) is 17.8. The van der Waals surface area contributed by atoms with Crippen LogP contribution in [0.2, 0.25) is 0 Å². The molecule has 1 aliphatic rings. The van der Waals surface area contributed by atoms with Crippen LogP contribution in [0, 0.1) is 0 Å². The molecule has 2 heterocycles. The molecule has 1 aliphatic carbocycles. The number of thioether (sulfide) groups is 1. The summed E-state index contributed by atoms with van der Waals surface area (Å²) in [7, 11) is 3.54. The van der Waals surface area contributed by atoms with Crippen LogP contribution in [-0.2, 0) is 4.79 Å². The second kappa shape index (κ2) is 6.08. The molecule has 0 unspecified atom stereocenters. The molecule has 6 nitrogen and oxygen atoms in total. The maximum absolute atomic E-state index is 12.1. The van der Waals surface area contributed by atoms with Gasteiger partial charge in [0.1, 0.15) is 0 Å². The van der Waals surface area contributed by atoms with E-state index < -0.39 is 0 Å². The molecule has 22 heavy (non-hydrogen) atoms. The number of pyridine rings is 1. The van der Waals surface area contributed by atoms with Crippen molar-refractivity contribution in [3.05, 3.63) is 24.5 Å². The van der Waals surface area contributed by atoms with Crippen molar-refractivity contribution in [2.45, 2.75) is 36.2 Å². The predicted molar refractivity (Wildman–Crippen MR) is 85.5 cm³/mol. The summed E-state index contributed by atoms with van der Waals surface area (Å²) in [5, 5.41) is 9.27. The number of carbonyl (C=O) groups is 1. The van der Waals surface area contributed by atoms with Gasteiger partial charge in [0.15, 0.2) is 11.0 Å². The summed E-state index contributed by atoms with van der Waals surface area (Å²) in [5.74, 6) is 0.917. The molecule has 1 saturated carbocycles. The second-order valence-electron chi connectivity index (χ2n) is 5.64. The standard InChI is InChI=1S/C15H19N5OS/c1-10(14(21)19(2)3)22-15-18-17-13(20(15)12-6-7-12)11-5-4-8-16-9-11/h4-5,8-10,12H,6-7H2,1-3H3/t10-/m1/s1. The molecule has 0 spiro atoms. The molecule has 0 aromatic carbocycles. The van der Waals surface area contributed by atoms with E-state index in [4.69, 9.17) is 0 Å². The third-order valence-electron chi connectivity index (χ3n) is 3.57. The Morgan fingerprint density at radius 1 is 1.41 bits per heavy atom. The predicted octanol–water partition coefficient (Wildman–Crippen LogP) is 2.24. The second-order valence-corrected chi connectivity index (χ2v) is 6.95. The lowest BCUT2D eigenvalue weighted by molar-refractivity contribution is -0.127. The number of amides is 1. The van der Waals surface area contributed by atoms with Gasteiger partial charge < -0.3 is 4.90 Å². The van der Waals surface area contributed by atoms with Gasteiger partial charge in [-0.3, -0.25) is 14.3 Å². The summed E-state index contributed by atoms with van der Waals surface area (Å²) < 4.78 is 2.15. The Morgan fingerprint density at radius 3 is 2.77 bits per heavy atom. The molecule has 116 valence electrons. The van der Waals surface area contributed by atoms with Crippen LogP contribution in [0.5, 0.6) is 0 Å². The fourth-order valence-corrected chi connectivity index (χ4v) is 3.35. The normalized spacial score (nSPS) is 15.6. The SMILES string of the molecule is C[C@@H](Sc1nnc(-c2cccnc2)n1C1CC1)C(=O)N(C)C. The first-order chi connectivity index (χ1) is 10.6. The van der Waals surface area contributed by atoms with E-state index in [9.17, 15) is 4.79 Å². The maximum atomic E-state index is 12.1. The monoisotopic (exact) mass is 317 g/mol. The number of aromatic nitrogens is 4. The molecule has 0 aliphatic heterocycles. The highest BCUT2D eigenvalue weighted by Crippen LogP contribution is 2.41. The van der Waals surface area contributed by atoms with Gasteiger partial charge in [0.25, 0.3) is 0 Å². The van der Waals surface area contributed by atoms with Gasteiger partial charge in [0, 0.05) is 38.1 Å². The number of carbonyl (C=O) groups excluding carboxylic acids is 1. The van der Waals surface area contributed by atoms with Crippen LogP contribution in [0.25, 0.3) is 11.4 Å². The van der Waals surface area contributed by atoms with Crippen LogP contribution < -0.4 is 0 Å². The topological polar surface area (TPSA) is 63.9 Å². The minimum absolute atomic E-state index is 0.0817. The van der Waals surface area contributed by atoms with Gasteiger partial charge in [-0.05, 0) is 31.9 Å².